The highest BCUT2D eigenvalue weighted by Gasteiger charge is 2.33. The molecule has 0 saturated heterocycles. The number of Topliss-reactive ketones (excluding diaryl/α,β-unsaturated/α-hetero) is 1. The van der Waals surface area contributed by atoms with E-state index in [9.17, 15) is 39.0 Å². The molecule has 0 aromatic heterocycles. The van der Waals surface area contributed by atoms with E-state index in [1.165, 1.54) is 12.1 Å². The molecule has 0 radical (unpaired) electrons. The lowest BCUT2D eigenvalue weighted by Crippen LogP contribution is -2.58. The van der Waals surface area contributed by atoms with Crippen molar-refractivity contribution >= 4 is 35.4 Å². The smallest absolute Gasteiger partial charge is 0.306 e. The van der Waals surface area contributed by atoms with Crippen LogP contribution in [0.25, 0.3) is 0 Å². The van der Waals surface area contributed by atoms with E-state index in [0.29, 0.717) is 44.3 Å². The zero-order valence-corrected chi connectivity index (χ0v) is 29.8. The van der Waals surface area contributed by atoms with Gasteiger partial charge in [0, 0.05) is 6.42 Å². The fourth-order valence-corrected chi connectivity index (χ4v) is 5.77. The number of nitrogens with one attached hydrogen (secondary N) is 4. The molecular formula is C36H57N7O8. The molecule has 1 aliphatic heterocycles. The second-order valence-electron chi connectivity index (χ2n) is 13.6. The number of hydrogen-bond donors (Lipinski definition) is 9. The second-order valence-corrected chi connectivity index (χ2v) is 13.6. The molecule has 51 heavy (non-hydrogen) atoms. The van der Waals surface area contributed by atoms with Crippen molar-refractivity contribution in [3.63, 3.8) is 0 Å². The Kier molecular flexibility index (Phi) is 18.9. The monoisotopic (exact) mass is 715 g/mol. The lowest BCUT2D eigenvalue weighted by molar-refractivity contribution is -0.144. The minimum absolute atomic E-state index is 0.00264. The van der Waals surface area contributed by atoms with Crippen LogP contribution in [-0.2, 0) is 35.2 Å². The number of amides is 4. The molecule has 6 atom stereocenters. The van der Waals surface area contributed by atoms with E-state index in [0.717, 1.165) is 0 Å². The van der Waals surface area contributed by atoms with Crippen molar-refractivity contribution in [1.82, 2.24) is 21.3 Å². The Morgan fingerprint density at radius 3 is 1.94 bits per heavy atom. The Morgan fingerprint density at radius 1 is 0.843 bits per heavy atom. The van der Waals surface area contributed by atoms with Crippen LogP contribution in [0.15, 0.2) is 36.4 Å². The van der Waals surface area contributed by atoms with Crippen molar-refractivity contribution in [2.24, 2.45) is 29.0 Å². The standard InChI is InChI=1S/C36H57N7O8/c1-22(2)19-24(36(50)51)21-31(45)30(20-23-13-15-25(44)16-14-23)43-35(49)28-10-4-3-9-26(39)32(46)40-27(11-5-7-17-37)33(47)42-29(34(48)41-28)12-6-8-18-38/h3-4,13-16,22,24,26-30,44H,5-12,17-21,37-39H2,1-2H3,(H,40,46)(H,41,48)(H,42,47)(H,43,49)(H,50,51)/t24-,26-,27+,28-,29+,30+/m1/s1. The summed E-state index contributed by atoms with van der Waals surface area (Å²) in [5, 5.41) is 30.5. The largest absolute Gasteiger partial charge is 0.508 e. The summed E-state index contributed by atoms with van der Waals surface area (Å²) in [5.74, 6) is -5.04. The van der Waals surface area contributed by atoms with Gasteiger partial charge in [0.2, 0.25) is 23.6 Å². The van der Waals surface area contributed by atoms with E-state index in [2.05, 4.69) is 21.3 Å². The second kappa shape index (κ2) is 22.5. The molecule has 0 unspecified atom stereocenters. The first-order valence-electron chi connectivity index (χ1n) is 17.8. The molecule has 12 N–H and O–H groups in total. The number of carboxylic acids is 1. The minimum Gasteiger partial charge on any atom is -0.508 e. The van der Waals surface area contributed by atoms with Crippen molar-refractivity contribution < 1.29 is 39.0 Å². The molecule has 1 heterocycles. The number of benzene rings is 1. The van der Waals surface area contributed by atoms with Gasteiger partial charge in [0.1, 0.15) is 23.9 Å². The van der Waals surface area contributed by atoms with Gasteiger partial charge in [-0.15, -0.1) is 0 Å². The van der Waals surface area contributed by atoms with Crippen LogP contribution in [-0.4, -0.2) is 88.9 Å². The molecule has 15 nitrogen and oxygen atoms in total. The van der Waals surface area contributed by atoms with E-state index in [1.807, 2.05) is 13.8 Å². The Bertz CT molecular complexity index is 1340. The maximum Gasteiger partial charge on any atom is 0.306 e. The lowest BCUT2D eigenvalue weighted by atomic mass is 9.89. The third-order valence-electron chi connectivity index (χ3n) is 8.69. The number of ketones is 1. The van der Waals surface area contributed by atoms with E-state index in [1.54, 1.807) is 24.3 Å². The zero-order chi connectivity index (χ0) is 37.9. The maximum absolute atomic E-state index is 13.9. The molecule has 1 aromatic carbocycles. The number of carbonyl (C=O) groups excluding carboxylic acids is 5. The number of nitrogens with two attached hydrogens (primary N) is 3. The van der Waals surface area contributed by atoms with E-state index >= 15 is 0 Å². The van der Waals surface area contributed by atoms with Crippen LogP contribution in [0, 0.1) is 11.8 Å². The fraction of sp³-hybridized carbons (Fsp3) is 0.611. The fourth-order valence-electron chi connectivity index (χ4n) is 5.77. The molecule has 2 rings (SSSR count). The van der Waals surface area contributed by atoms with E-state index in [-0.39, 0.29) is 56.6 Å². The number of unbranched alkanes of at least 4 members (excludes halogenated alkanes) is 2. The van der Waals surface area contributed by atoms with Gasteiger partial charge in [-0.05, 0) is 101 Å². The summed E-state index contributed by atoms with van der Waals surface area (Å²) in [6.07, 6.45) is 5.90. The highest BCUT2D eigenvalue weighted by molar-refractivity contribution is 5.96. The summed E-state index contributed by atoms with van der Waals surface area (Å²) < 4.78 is 0. The summed E-state index contributed by atoms with van der Waals surface area (Å²) in [7, 11) is 0. The third-order valence-corrected chi connectivity index (χ3v) is 8.69. The first-order chi connectivity index (χ1) is 24.2. The lowest BCUT2D eigenvalue weighted by Gasteiger charge is -2.27. The normalized spacial score (nSPS) is 21.5. The Morgan fingerprint density at radius 2 is 1.39 bits per heavy atom. The zero-order valence-electron chi connectivity index (χ0n) is 29.8. The summed E-state index contributed by atoms with van der Waals surface area (Å²) in [6, 6.07) is 0.658. The van der Waals surface area contributed by atoms with E-state index < -0.39 is 71.5 Å². The molecule has 1 aliphatic rings. The molecule has 15 heteroatoms. The molecule has 284 valence electrons. The molecule has 0 aliphatic carbocycles. The Labute approximate surface area is 299 Å². The number of aromatic hydroxyl groups is 1. The first-order valence-corrected chi connectivity index (χ1v) is 17.8. The predicted octanol–water partition coefficient (Wildman–Crippen LogP) is 0.515. The van der Waals surface area contributed by atoms with Gasteiger partial charge in [0.25, 0.3) is 0 Å². The highest BCUT2D eigenvalue weighted by Crippen LogP contribution is 2.19. The van der Waals surface area contributed by atoms with Gasteiger partial charge in [-0.25, -0.2) is 0 Å². The Balaban J connectivity index is 2.43. The summed E-state index contributed by atoms with van der Waals surface area (Å²) in [4.78, 5) is 79.7. The molecule has 0 bridgehead atoms. The number of aliphatic carboxylic acids is 1. The van der Waals surface area contributed by atoms with Gasteiger partial charge >= 0.3 is 5.97 Å². The topological polar surface area (TPSA) is 269 Å². The van der Waals surface area contributed by atoms with Crippen molar-refractivity contribution in [3.05, 3.63) is 42.0 Å². The SMILES string of the molecule is CC(C)C[C@H](CC(=O)[C@H](Cc1ccc(O)cc1)NC(=O)[C@H]1CC=CC[C@@H](N)C(=O)N[C@@H](CCCCN)C(=O)N[C@@H](CCCCN)C(=O)N1)C(=O)O. The van der Waals surface area contributed by atoms with E-state index in [4.69, 9.17) is 17.2 Å². The molecule has 0 spiro atoms. The van der Waals surface area contributed by atoms with Crippen LogP contribution < -0.4 is 38.5 Å². The number of carboxylic acid groups (broad SMARTS) is 1. The Hall–Kier alpha value is -4.34. The number of hydrogen-bond acceptors (Lipinski definition) is 10. The van der Waals surface area contributed by atoms with Gasteiger partial charge in [0.15, 0.2) is 5.78 Å². The summed E-state index contributed by atoms with van der Waals surface area (Å²) in [6.45, 7) is 4.48. The first kappa shape index (κ1) is 42.8. The predicted molar refractivity (Wildman–Crippen MR) is 192 cm³/mol. The molecular weight excluding hydrogens is 658 g/mol. The van der Waals surface area contributed by atoms with Crippen LogP contribution in [0.5, 0.6) is 5.75 Å². The average molecular weight is 716 g/mol. The molecule has 0 fully saturated rings. The van der Waals surface area contributed by atoms with Gasteiger partial charge in [-0.3, -0.25) is 28.8 Å². The number of carbonyl (C=O) groups is 6. The number of phenols is 1. The quantitative estimate of drug-likeness (QED) is 0.0747. The van der Waals surface area contributed by atoms with Gasteiger partial charge < -0.3 is 48.7 Å². The molecule has 0 saturated carbocycles. The van der Waals surface area contributed by atoms with Crippen LogP contribution >= 0.6 is 0 Å². The molecule has 4 amide bonds. The van der Waals surface area contributed by atoms with Gasteiger partial charge in [0.05, 0.1) is 18.0 Å². The van der Waals surface area contributed by atoms with Crippen molar-refractivity contribution in [2.45, 2.75) is 115 Å². The van der Waals surface area contributed by atoms with Crippen LogP contribution in [0.4, 0.5) is 0 Å². The maximum atomic E-state index is 13.9. The highest BCUT2D eigenvalue weighted by atomic mass is 16.4. The van der Waals surface area contributed by atoms with Crippen molar-refractivity contribution in [1.29, 1.82) is 0 Å². The number of rotatable bonds is 18. The average Bonchev–Trinajstić information content (AvgIpc) is 3.08. The third kappa shape index (κ3) is 15.6. The van der Waals surface area contributed by atoms with Crippen molar-refractivity contribution in [3.8, 4) is 5.75 Å². The van der Waals surface area contributed by atoms with Crippen LogP contribution in [0.3, 0.4) is 0 Å². The number of phenolic OH excluding ortho intramolecular Hbond substituents is 1. The van der Waals surface area contributed by atoms with Crippen LogP contribution in [0.1, 0.15) is 83.6 Å². The minimum atomic E-state index is -1.21. The summed E-state index contributed by atoms with van der Waals surface area (Å²) in [5.41, 5.74) is 18.0. The van der Waals surface area contributed by atoms with Crippen LogP contribution in [0.2, 0.25) is 0 Å². The molecule has 1 aromatic rings. The summed E-state index contributed by atoms with van der Waals surface area (Å²) >= 11 is 0. The van der Waals surface area contributed by atoms with Crippen molar-refractivity contribution in [2.75, 3.05) is 13.1 Å². The van der Waals surface area contributed by atoms with Gasteiger partial charge in [-0.2, -0.15) is 0 Å². The van der Waals surface area contributed by atoms with Gasteiger partial charge in [-0.1, -0.05) is 38.1 Å².